The molecule has 18 heavy (non-hydrogen) atoms. The summed E-state index contributed by atoms with van der Waals surface area (Å²) in [5, 5.41) is 14.7. The van der Waals surface area contributed by atoms with Gasteiger partial charge in [0, 0.05) is 23.0 Å². The van der Waals surface area contributed by atoms with E-state index in [-0.39, 0.29) is 17.7 Å². The molecule has 6 heteroatoms. The third kappa shape index (κ3) is 3.63. The minimum atomic E-state index is -0.229. The number of nitrogens with one attached hydrogen (secondary N) is 1. The van der Waals surface area contributed by atoms with Crippen LogP contribution in [0.4, 0.5) is 0 Å². The van der Waals surface area contributed by atoms with Gasteiger partial charge in [-0.1, -0.05) is 23.7 Å². The molecule has 1 amide bonds. The second-order valence-electron chi connectivity index (χ2n) is 4.10. The van der Waals surface area contributed by atoms with E-state index in [0.29, 0.717) is 17.1 Å². The van der Waals surface area contributed by atoms with Crippen LogP contribution in [0.2, 0.25) is 5.02 Å². The van der Waals surface area contributed by atoms with Gasteiger partial charge in [0.15, 0.2) is 0 Å². The molecule has 0 aromatic heterocycles. The molecule has 1 rings (SSSR count). The Bertz CT molecular complexity index is 474. The maximum atomic E-state index is 11.8. The van der Waals surface area contributed by atoms with E-state index in [9.17, 15) is 4.79 Å². The first-order valence-electron chi connectivity index (χ1n) is 5.47. The fourth-order valence-corrected chi connectivity index (χ4v) is 1.45. The van der Waals surface area contributed by atoms with Gasteiger partial charge in [-0.15, -0.1) is 0 Å². The number of hydrogen-bond acceptors (Lipinski definition) is 3. The lowest BCUT2D eigenvalue weighted by Crippen LogP contribution is -2.34. The lowest BCUT2D eigenvalue weighted by Gasteiger charge is -2.11. The molecule has 1 aromatic rings. The van der Waals surface area contributed by atoms with Crippen LogP contribution in [0.3, 0.4) is 0 Å². The summed E-state index contributed by atoms with van der Waals surface area (Å²) < 4.78 is 0. The van der Waals surface area contributed by atoms with E-state index in [0.717, 1.165) is 5.56 Å². The summed E-state index contributed by atoms with van der Waals surface area (Å²) in [5.74, 6) is -0.359. The van der Waals surface area contributed by atoms with Crippen molar-refractivity contribution in [3.05, 3.63) is 34.3 Å². The van der Waals surface area contributed by atoms with Gasteiger partial charge in [-0.2, -0.15) is 0 Å². The number of nitrogens with zero attached hydrogens (tertiary/aromatic N) is 1. The molecule has 0 radical (unpaired) electrons. The molecule has 98 valence electrons. The molecule has 1 aromatic carbocycles. The molecule has 5 nitrogen and oxygen atoms in total. The second kappa shape index (κ2) is 6.26. The maximum Gasteiger partial charge on any atom is 0.251 e. The summed E-state index contributed by atoms with van der Waals surface area (Å²) in [6.07, 6.45) is 0. The smallest absolute Gasteiger partial charge is 0.251 e. The number of carbonyl (C=O) groups is 1. The average Bonchev–Trinajstić information content (AvgIpc) is 2.37. The summed E-state index contributed by atoms with van der Waals surface area (Å²) >= 11 is 5.88. The summed E-state index contributed by atoms with van der Waals surface area (Å²) in [4.78, 5) is 11.8. The van der Waals surface area contributed by atoms with Crippen molar-refractivity contribution in [1.29, 1.82) is 0 Å². The first kappa shape index (κ1) is 14.3. The van der Waals surface area contributed by atoms with Crippen LogP contribution in [0.1, 0.15) is 22.8 Å². The first-order chi connectivity index (χ1) is 8.45. The van der Waals surface area contributed by atoms with E-state index in [1.54, 1.807) is 25.1 Å². The zero-order valence-electron chi connectivity index (χ0n) is 10.3. The number of nitrogens with two attached hydrogens (primary N) is 1. The van der Waals surface area contributed by atoms with Crippen LogP contribution in [0.5, 0.6) is 0 Å². The van der Waals surface area contributed by atoms with Gasteiger partial charge in [-0.05, 0) is 30.7 Å². The number of oxime groups is 1. The number of halogens is 1. The van der Waals surface area contributed by atoms with Crippen LogP contribution in [-0.4, -0.2) is 23.5 Å². The van der Waals surface area contributed by atoms with Crippen molar-refractivity contribution < 1.29 is 10.0 Å². The van der Waals surface area contributed by atoms with E-state index < -0.39 is 0 Å². The van der Waals surface area contributed by atoms with Gasteiger partial charge in [0.1, 0.15) is 5.84 Å². The molecule has 0 bridgehead atoms. The van der Waals surface area contributed by atoms with Gasteiger partial charge in [0.25, 0.3) is 5.91 Å². The highest BCUT2D eigenvalue weighted by Crippen LogP contribution is 2.16. The molecule has 0 saturated heterocycles. The zero-order chi connectivity index (χ0) is 13.7. The minimum absolute atomic E-state index is 0.0857. The normalized spacial score (nSPS) is 13.2. The van der Waals surface area contributed by atoms with E-state index in [2.05, 4.69) is 10.5 Å². The summed E-state index contributed by atoms with van der Waals surface area (Å²) in [7, 11) is 0. The van der Waals surface area contributed by atoms with Crippen LogP contribution in [-0.2, 0) is 0 Å². The van der Waals surface area contributed by atoms with E-state index >= 15 is 0 Å². The predicted octanol–water partition coefficient (Wildman–Crippen LogP) is 1.76. The summed E-state index contributed by atoms with van der Waals surface area (Å²) in [6.45, 7) is 3.89. The molecule has 0 heterocycles. The van der Waals surface area contributed by atoms with Crippen molar-refractivity contribution in [3.63, 3.8) is 0 Å². The van der Waals surface area contributed by atoms with E-state index in [1.807, 2.05) is 6.92 Å². The highest BCUT2D eigenvalue weighted by atomic mass is 35.5. The Morgan fingerprint density at radius 2 is 2.28 bits per heavy atom. The second-order valence-corrected chi connectivity index (χ2v) is 4.51. The molecule has 1 unspecified atom stereocenters. The molecule has 0 fully saturated rings. The Morgan fingerprint density at radius 3 is 2.83 bits per heavy atom. The van der Waals surface area contributed by atoms with E-state index in [1.165, 1.54) is 0 Å². The van der Waals surface area contributed by atoms with Gasteiger partial charge in [-0.25, -0.2) is 0 Å². The van der Waals surface area contributed by atoms with Crippen LogP contribution in [0, 0.1) is 12.8 Å². The summed E-state index contributed by atoms with van der Waals surface area (Å²) in [6, 6.07) is 5.05. The number of amides is 1. The van der Waals surface area contributed by atoms with Crippen LogP contribution in [0.25, 0.3) is 0 Å². The minimum Gasteiger partial charge on any atom is -0.409 e. The third-order valence-corrected chi connectivity index (χ3v) is 3.03. The van der Waals surface area contributed by atoms with Crippen molar-refractivity contribution in [2.24, 2.45) is 16.8 Å². The molecule has 1 atom stereocenters. The van der Waals surface area contributed by atoms with E-state index in [4.69, 9.17) is 22.5 Å². The monoisotopic (exact) mass is 269 g/mol. The van der Waals surface area contributed by atoms with Crippen LogP contribution < -0.4 is 11.1 Å². The van der Waals surface area contributed by atoms with Gasteiger partial charge in [0.05, 0.1) is 0 Å². The molecule has 0 aliphatic carbocycles. The van der Waals surface area contributed by atoms with Gasteiger partial charge >= 0.3 is 0 Å². The molecule has 4 N–H and O–H groups in total. The van der Waals surface area contributed by atoms with Crippen molar-refractivity contribution in [3.8, 4) is 0 Å². The molecule has 0 saturated carbocycles. The highest BCUT2D eigenvalue weighted by molar-refractivity contribution is 6.31. The van der Waals surface area contributed by atoms with Gasteiger partial charge in [0.2, 0.25) is 0 Å². The number of rotatable bonds is 4. The lowest BCUT2D eigenvalue weighted by atomic mass is 10.1. The highest BCUT2D eigenvalue weighted by Gasteiger charge is 2.11. The van der Waals surface area contributed by atoms with Crippen molar-refractivity contribution in [2.45, 2.75) is 13.8 Å². The summed E-state index contributed by atoms with van der Waals surface area (Å²) in [5.41, 5.74) is 6.79. The molecule has 0 aliphatic heterocycles. The van der Waals surface area contributed by atoms with Crippen molar-refractivity contribution in [1.82, 2.24) is 5.32 Å². The Kier molecular flexibility index (Phi) is 4.97. The van der Waals surface area contributed by atoms with Crippen molar-refractivity contribution in [2.75, 3.05) is 6.54 Å². The number of hydrogen-bond donors (Lipinski definition) is 3. The predicted molar refractivity (Wildman–Crippen MR) is 71.1 cm³/mol. The zero-order valence-corrected chi connectivity index (χ0v) is 11.0. The average molecular weight is 270 g/mol. The largest absolute Gasteiger partial charge is 0.409 e. The molecule has 0 spiro atoms. The number of benzene rings is 1. The number of amidine groups is 1. The van der Waals surface area contributed by atoms with Crippen molar-refractivity contribution >= 4 is 23.3 Å². The Morgan fingerprint density at radius 1 is 1.61 bits per heavy atom. The third-order valence-electron chi connectivity index (χ3n) is 2.61. The fourth-order valence-electron chi connectivity index (χ4n) is 1.34. The Hall–Kier alpha value is -1.75. The quantitative estimate of drug-likeness (QED) is 0.337. The first-order valence-corrected chi connectivity index (χ1v) is 5.85. The standard InChI is InChI=1S/C12H16ClN3O2/c1-7-5-9(3-4-10(7)13)12(17)15-6-8(2)11(14)16-18/h3-5,8,18H,6H2,1-2H3,(H2,14,16)(H,15,17). The SMILES string of the molecule is Cc1cc(C(=O)NCC(C)/C(N)=N/O)ccc1Cl. The van der Waals surface area contributed by atoms with Crippen LogP contribution >= 0.6 is 11.6 Å². The topological polar surface area (TPSA) is 87.7 Å². The number of aryl methyl sites for hydroxylation is 1. The van der Waals surface area contributed by atoms with Gasteiger partial charge in [-0.3, -0.25) is 4.79 Å². The van der Waals surface area contributed by atoms with Gasteiger partial charge < -0.3 is 16.3 Å². The maximum absolute atomic E-state index is 11.8. The lowest BCUT2D eigenvalue weighted by molar-refractivity contribution is 0.0951. The van der Waals surface area contributed by atoms with Crippen LogP contribution in [0.15, 0.2) is 23.4 Å². The number of carbonyl (C=O) groups excluding carboxylic acids is 1. The Balaban J connectivity index is 2.63. The molecular formula is C12H16ClN3O2. The molecule has 0 aliphatic rings. The Labute approximate surface area is 111 Å². The fraction of sp³-hybridized carbons (Fsp3) is 0.333. The molecular weight excluding hydrogens is 254 g/mol.